The molecule has 1 N–H and O–H groups in total. The summed E-state index contributed by atoms with van der Waals surface area (Å²) in [6.07, 6.45) is 6.61. The first-order valence-corrected chi connectivity index (χ1v) is 8.11. The summed E-state index contributed by atoms with van der Waals surface area (Å²) in [6.45, 7) is 6.10. The Morgan fingerprint density at radius 2 is 2.04 bits per heavy atom. The van der Waals surface area contributed by atoms with Crippen LogP contribution in [-0.4, -0.2) is 45.8 Å². The van der Waals surface area contributed by atoms with E-state index in [0.717, 1.165) is 60.9 Å². The van der Waals surface area contributed by atoms with Crippen molar-refractivity contribution in [2.45, 2.75) is 13.3 Å². The number of anilines is 1. The molecule has 6 nitrogen and oxygen atoms in total. The number of piperazine rings is 1. The van der Waals surface area contributed by atoms with Gasteiger partial charge in [-0.1, -0.05) is 13.0 Å². The Morgan fingerprint density at radius 1 is 1.17 bits per heavy atom. The van der Waals surface area contributed by atoms with Crippen molar-refractivity contribution in [2.24, 2.45) is 0 Å². The smallest absolute Gasteiger partial charge is 0.165 e. The summed E-state index contributed by atoms with van der Waals surface area (Å²) < 4.78 is 1.84. The number of fused-ring (bicyclic) bond motifs is 1. The molecule has 6 heteroatoms. The van der Waals surface area contributed by atoms with E-state index in [2.05, 4.69) is 33.3 Å². The SMILES string of the molecule is CCc1ncccc1-c1cnn2ccc(N3CCNCC3)nc12. The van der Waals surface area contributed by atoms with Crippen LogP contribution in [0, 0.1) is 0 Å². The number of hydrogen-bond acceptors (Lipinski definition) is 5. The molecule has 0 bridgehead atoms. The number of aryl methyl sites for hydroxylation is 1. The predicted octanol–water partition coefficient (Wildman–Crippen LogP) is 1.76. The molecule has 3 aromatic rings. The van der Waals surface area contributed by atoms with Gasteiger partial charge in [-0.15, -0.1) is 0 Å². The highest BCUT2D eigenvalue weighted by Crippen LogP contribution is 2.27. The number of nitrogens with one attached hydrogen (secondary N) is 1. The number of nitrogens with zero attached hydrogens (tertiary/aromatic N) is 5. The van der Waals surface area contributed by atoms with Crippen molar-refractivity contribution in [1.82, 2.24) is 24.9 Å². The average Bonchev–Trinajstić information content (AvgIpc) is 3.05. The van der Waals surface area contributed by atoms with E-state index < -0.39 is 0 Å². The lowest BCUT2D eigenvalue weighted by atomic mass is 10.1. The molecule has 0 spiro atoms. The molecule has 1 aliphatic heterocycles. The minimum Gasteiger partial charge on any atom is -0.354 e. The van der Waals surface area contributed by atoms with Crippen LogP contribution >= 0.6 is 0 Å². The third-order valence-corrected chi connectivity index (χ3v) is 4.31. The van der Waals surface area contributed by atoms with E-state index in [1.807, 2.05) is 35.2 Å². The monoisotopic (exact) mass is 308 g/mol. The Balaban J connectivity index is 1.81. The van der Waals surface area contributed by atoms with Crippen LogP contribution in [0.15, 0.2) is 36.8 Å². The molecule has 0 saturated carbocycles. The van der Waals surface area contributed by atoms with E-state index in [1.165, 1.54) is 0 Å². The molecular weight excluding hydrogens is 288 g/mol. The zero-order chi connectivity index (χ0) is 15.6. The van der Waals surface area contributed by atoms with Gasteiger partial charge in [0.25, 0.3) is 0 Å². The lowest BCUT2D eigenvalue weighted by molar-refractivity contribution is 0.585. The normalized spacial score (nSPS) is 15.3. The minimum atomic E-state index is 0.892. The molecule has 0 aromatic carbocycles. The summed E-state index contributed by atoms with van der Waals surface area (Å²) in [5.41, 5.74) is 4.14. The summed E-state index contributed by atoms with van der Waals surface area (Å²) in [5, 5.41) is 7.83. The molecule has 3 aromatic heterocycles. The topological polar surface area (TPSA) is 58.4 Å². The second-order valence-electron chi connectivity index (χ2n) is 5.70. The lowest BCUT2D eigenvalue weighted by Gasteiger charge is -2.28. The summed E-state index contributed by atoms with van der Waals surface area (Å²) in [7, 11) is 0. The van der Waals surface area contributed by atoms with Gasteiger partial charge in [0.15, 0.2) is 5.65 Å². The second kappa shape index (κ2) is 5.96. The molecule has 0 aliphatic carbocycles. The first kappa shape index (κ1) is 14.1. The van der Waals surface area contributed by atoms with Crippen molar-refractivity contribution < 1.29 is 0 Å². The number of aromatic nitrogens is 4. The van der Waals surface area contributed by atoms with E-state index in [4.69, 9.17) is 4.98 Å². The third kappa shape index (κ3) is 2.55. The van der Waals surface area contributed by atoms with Gasteiger partial charge < -0.3 is 10.2 Å². The van der Waals surface area contributed by atoms with E-state index >= 15 is 0 Å². The first-order chi connectivity index (χ1) is 11.4. The van der Waals surface area contributed by atoms with Crippen molar-refractivity contribution in [3.05, 3.63) is 42.5 Å². The summed E-state index contributed by atoms with van der Waals surface area (Å²) >= 11 is 0. The van der Waals surface area contributed by atoms with E-state index in [9.17, 15) is 0 Å². The van der Waals surface area contributed by atoms with E-state index in [-0.39, 0.29) is 0 Å². The molecule has 0 amide bonds. The minimum absolute atomic E-state index is 0.892. The fourth-order valence-corrected chi connectivity index (χ4v) is 3.08. The highest BCUT2D eigenvalue weighted by molar-refractivity contribution is 5.79. The van der Waals surface area contributed by atoms with Gasteiger partial charge in [0, 0.05) is 55.4 Å². The predicted molar refractivity (Wildman–Crippen MR) is 90.7 cm³/mol. The van der Waals surface area contributed by atoms with Crippen LogP contribution in [0.2, 0.25) is 0 Å². The molecule has 1 aliphatic rings. The number of hydrogen-bond donors (Lipinski definition) is 1. The zero-order valence-electron chi connectivity index (χ0n) is 13.2. The second-order valence-corrected chi connectivity index (χ2v) is 5.70. The van der Waals surface area contributed by atoms with Gasteiger partial charge in [0.05, 0.1) is 6.20 Å². The number of pyridine rings is 1. The molecule has 118 valence electrons. The maximum Gasteiger partial charge on any atom is 0.165 e. The van der Waals surface area contributed by atoms with Crippen molar-refractivity contribution in [1.29, 1.82) is 0 Å². The fourth-order valence-electron chi connectivity index (χ4n) is 3.08. The highest BCUT2D eigenvalue weighted by Gasteiger charge is 2.16. The first-order valence-electron chi connectivity index (χ1n) is 8.11. The molecule has 4 rings (SSSR count). The largest absolute Gasteiger partial charge is 0.354 e. The Morgan fingerprint density at radius 3 is 2.87 bits per heavy atom. The van der Waals surface area contributed by atoms with Crippen molar-refractivity contribution in [2.75, 3.05) is 31.1 Å². The maximum atomic E-state index is 4.88. The van der Waals surface area contributed by atoms with Crippen LogP contribution in [0.25, 0.3) is 16.8 Å². The van der Waals surface area contributed by atoms with Crippen LogP contribution < -0.4 is 10.2 Å². The van der Waals surface area contributed by atoms with Crippen molar-refractivity contribution >= 4 is 11.5 Å². The summed E-state index contributed by atoms with van der Waals surface area (Å²) in [4.78, 5) is 11.7. The zero-order valence-corrected chi connectivity index (χ0v) is 13.2. The Kier molecular flexibility index (Phi) is 3.67. The van der Waals surface area contributed by atoms with Gasteiger partial charge in [-0.3, -0.25) is 4.98 Å². The van der Waals surface area contributed by atoms with Crippen molar-refractivity contribution in [3.63, 3.8) is 0 Å². The van der Waals surface area contributed by atoms with Gasteiger partial charge in [-0.25, -0.2) is 9.50 Å². The average molecular weight is 308 g/mol. The molecule has 0 radical (unpaired) electrons. The van der Waals surface area contributed by atoms with Crippen LogP contribution in [-0.2, 0) is 6.42 Å². The molecule has 4 heterocycles. The molecule has 0 atom stereocenters. The Hall–Kier alpha value is -2.47. The standard InChI is InChI=1S/C17H20N6/c1-2-15-13(4-3-6-19-15)14-12-20-23-9-5-16(21-17(14)23)22-10-7-18-8-11-22/h3-6,9,12,18H,2,7-8,10-11H2,1H3. The van der Waals surface area contributed by atoms with Gasteiger partial charge in [-0.2, -0.15) is 5.10 Å². The van der Waals surface area contributed by atoms with Gasteiger partial charge in [0.1, 0.15) is 5.82 Å². The quantitative estimate of drug-likeness (QED) is 0.799. The molecule has 23 heavy (non-hydrogen) atoms. The van der Waals surface area contributed by atoms with Crippen LogP contribution in [0.4, 0.5) is 5.82 Å². The van der Waals surface area contributed by atoms with Crippen LogP contribution in [0.5, 0.6) is 0 Å². The number of rotatable bonds is 3. The third-order valence-electron chi connectivity index (χ3n) is 4.31. The maximum absolute atomic E-state index is 4.88. The van der Waals surface area contributed by atoms with Gasteiger partial charge in [0.2, 0.25) is 0 Å². The summed E-state index contributed by atoms with van der Waals surface area (Å²) in [5.74, 6) is 1.02. The van der Waals surface area contributed by atoms with Gasteiger partial charge in [-0.05, 0) is 18.6 Å². The van der Waals surface area contributed by atoms with Crippen LogP contribution in [0.1, 0.15) is 12.6 Å². The fraction of sp³-hybridized carbons (Fsp3) is 0.353. The Bertz CT molecular complexity index is 819. The Labute approximate surface area is 135 Å². The summed E-state index contributed by atoms with van der Waals surface area (Å²) in [6, 6.07) is 6.11. The van der Waals surface area contributed by atoms with E-state index in [1.54, 1.807) is 0 Å². The molecular formula is C17H20N6. The highest BCUT2D eigenvalue weighted by atomic mass is 15.3. The molecule has 0 unspecified atom stereocenters. The van der Waals surface area contributed by atoms with Gasteiger partial charge >= 0.3 is 0 Å². The molecule has 1 fully saturated rings. The van der Waals surface area contributed by atoms with E-state index in [0.29, 0.717) is 0 Å². The molecule has 1 saturated heterocycles. The van der Waals surface area contributed by atoms with Crippen molar-refractivity contribution in [3.8, 4) is 11.1 Å². The lowest BCUT2D eigenvalue weighted by Crippen LogP contribution is -2.43. The van der Waals surface area contributed by atoms with Crippen LogP contribution in [0.3, 0.4) is 0 Å².